The van der Waals surface area contributed by atoms with E-state index in [-0.39, 0.29) is 12.1 Å². The van der Waals surface area contributed by atoms with Gasteiger partial charge in [-0.15, -0.1) is 0 Å². The molecule has 1 aromatic carbocycles. The number of aromatic nitrogens is 2. The van der Waals surface area contributed by atoms with Crippen LogP contribution in [0.4, 0.5) is 10.5 Å². The Labute approximate surface area is 128 Å². The number of nitrogens with one attached hydrogen (secondary N) is 1. The number of methoxy groups -OCH3 is 1. The molecule has 1 unspecified atom stereocenters. The predicted molar refractivity (Wildman–Crippen MR) is 79.7 cm³/mol. The maximum Gasteiger partial charge on any atom is 0.322 e. The summed E-state index contributed by atoms with van der Waals surface area (Å²) in [7, 11) is 1.57. The highest BCUT2D eigenvalue weighted by Crippen LogP contribution is 2.32. The molecule has 3 rings (SSSR count). The lowest BCUT2D eigenvalue weighted by Gasteiger charge is -2.22. The van der Waals surface area contributed by atoms with Crippen molar-refractivity contribution in [3.63, 3.8) is 0 Å². The summed E-state index contributed by atoms with van der Waals surface area (Å²) < 4.78 is 10.5. The molecule has 0 spiro atoms. The number of rotatable bonds is 3. The lowest BCUT2D eigenvalue weighted by molar-refractivity contribution is 0.193. The quantitative estimate of drug-likeness (QED) is 0.943. The first-order valence-electron chi connectivity index (χ1n) is 7.20. The monoisotopic (exact) mass is 302 g/mol. The number of hydrogen-bond donors (Lipinski definition) is 1. The molecule has 1 N–H and O–H groups in total. The molecule has 0 radical (unpaired) electrons. The van der Waals surface area contributed by atoms with E-state index >= 15 is 0 Å². The lowest BCUT2D eigenvalue weighted by atomic mass is 10.2. The Kier molecular flexibility index (Phi) is 3.95. The minimum atomic E-state index is -0.192. The van der Waals surface area contributed by atoms with Crippen LogP contribution in [0.2, 0.25) is 0 Å². The summed E-state index contributed by atoms with van der Waals surface area (Å²) in [6.07, 6.45) is 1.73. The molecule has 0 bridgehead atoms. The molecule has 1 aliphatic heterocycles. The molecule has 2 aromatic rings. The second-order valence-corrected chi connectivity index (χ2v) is 5.16. The Morgan fingerprint density at radius 2 is 2.27 bits per heavy atom. The number of amides is 2. The molecule has 7 nitrogen and oxygen atoms in total. The van der Waals surface area contributed by atoms with Crippen LogP contribution in [0.15, 0.2) is 28.8 Å². The van der Waals surface area contributed by atoms with Gasteiger partial charge in [-0.05, 0) is 31.9 Å². The van der Waals surface area contributed by atoms with Gasteiger partial charge >= 0.3 is 6.03 Å². The fourth-order valence-corrected chi connectivity index (χ4v) is 2.65. The van der Waals surface area contributed by atoms with Crippen LogP contribution in [0.3, 0.4) is 0 Å². The van der Waals surface area contributed by atoms with E-state index in [0.29, 0.717) is 29.7 Å². The van der Waals surface area contributed by atoms with Crippen molar-refractivity contribution in [1.82, 2.24) is 15.0 Å². The van der Waals surface area contributed by atoms with Gasteiger partial charge in [0.05, 0.1) is 12.8 Å². The Hall–Kier alpha value is -2.57. The molecule has 22 heavy (non-hydrogen) atoms. The van der Waals surface area contributed by atoms with Crippen LogP contribution in [-0.4, -0.2) is 34.7 Å². The first kappa shape index (κ1) is 14.4. The molecule has 1 saturated heterocycles. The first-order valence-corrected chi connectivity index (χ1v) is 7.20. The molecule has 116 valence electrons. The Morgan fingerprint density at radius 3 is 3.00 bits per heavy atom. The number of anilines is 1. The van der Waals surface area contributed by atoms with Crippen LogP contribution in [0.1, 0.15) is 30.6 Å². The fraction of sp³-hybridized carbons (Fsp3) is 0.400. The van der Waals surface area contributed by atoms with Gasteiger partial charge in [-0.25, -0.2) is 4.79 Å². The topological polar surface area (TPSA) is 80.5 Å². The van der Waals surface area contributed by atoms with Crippen molar-refractivity contribution in [2.24, 2.45) is 0 Å². The number of hydrogen-bond acceptors (Lipinski definition) is 5. The fourth-order valence-electron chi connectivity index (χ4n) is 2.65. The second-order valence-electron chi connectivity index (χ2n) is 5.16. The van der Waals surface area contributed by atoms with Crippen LogP contribution in [0.5, 0.6) is 5.75 Å². The molecule has 0 saturated carbocycles. The number of para-hydroxylation sites is 2. The Balaban J connectivity index is 1.76. The SMILES string of the molecule is COc1ccccc1NC(=O)N1CCCC1c1nc(C)no1. The smallest absolute Gasteiger partial charge is 0.322 e. The number of carbonyl (C=O) groups excluding carboxylic acids is 1. The van der Waals surface area contributed by atoms with Gasteiger partial charge in [0.25, 0.3) is 0 Å². The summed E-state index contributed by atoms with van der Waals surface area (Å²) in [4.78, 5) is 18.5. The van der Waals surface area contributed by atoms with Crippen LogP contribution in [0, 0.1) is 6.92 Å². The van der Waals surface area contributed by atoms with E-state index in [9.17, 15) is 4.79 Å². The van der Waals surface area contributed by atoms with Crippen molar-refractivity contribution in [1.29, 1.82) is 0 Å². The Morgan fingerprint density at radius 1 is 1.45 bits per heavy atom. The largest absolute Gasteiger partial charge is 0.495 e. The molecule has 1 fully saturated rings. The standard InChI is InChI=1S/C15H18N4O3/c1-10-16-14(22-18-10)12-7-5-9-19(12)15(20)17-11-6-3-4-8-13(11)21-2/h3-4,6,8,12H,5,7,9H2,1-2H3,(H,17,20). The molecule has 1 aliphatic rings. The first-order chi connectivity index (χ1) is 10.7. The van der Waals surface area contributed by atoms with E-state index in [0.717, 1.165) is 12.8 Å². The van der Waals surface area contributed by atoms with Crippen molar-refractivity contribution < 1.29 is 14.1 Å². The average Bonchev–Trinajstić information content (AvgIpc) is 3.16. The highest BCUT2D eigenvalue weighted by atomic mass is 16.5. The minimum absolute atomic E-state index is 0.170. The number of benzene rings is 1. The second kappa shape index (κ2) is 6.05. The third-order valence-electron chi connectivity index (χ3n) is 3.69. The molecule has 7 heteroatoms. The van der Waals surface area contributed by atoms with Gasteiger partial charge in [0.15, 0.2) is 5.82 Å². The third kappa shape index (κ3) is 2.74. The summed E-state index contributed by atoms with van der Waals surface area (Å²) in [5.41, 5.74) is 0.641. The highest BCUT2D eigenvalue weighted by Gasteiger charge is 2.34. The maximum absolute atomic E-state index is 12.5. The number of carbonyl (C=O) groups is 1. The summed E-state index contributed by atoms with van der Waals surface area (Å²) in [6, 6.07) is 6.95. The van der Waals surface area contributed by atoms with Gasteiger partial charge in [0, 0.05) is 6.54 Å². The number of nitrogens with zero attached hydrogens (tertiary/aromatic N) is 3. The molecule has 1 aromatic heterocycles. The molecular weight excluding hydrogens is 284 g/mol. The molecular formula is C15H18N4O3. The van der Waals surface area contributed by atoms with E-state index in [1.54, 1.807) is 31.1 Å². The number of likely N-dealkylation sites (tertiary alicyclic amines) is 1. The zero-order valence-electron chi connectivity index (χ0n) is 12.6. The number of urea groups is 1. The number of aryl methyl sites for hydroxylation is 1. The van der Waals surface area contributed by atoms with Crippen molar-refractivity contribution in [2.75, 3.05) is 19.0 Å². The van der Waals surface area contributed by atoms with Gasteiger partial charge in [-0.1, -0.05) is 17.3 Å². The molecule has 2 amide bonds. The van der Waals surface area contributed by atoms with E-state index in [2.05, 4.69) is 15.5 Å². The van der Waals surface area contributed by atoms with E-state index in [4.69, 9.17) is 9.26 Å². The molecule has 0 aliphatic carbocycles. The van der Waals surface area contributed by atoms with E-state index in [1.165, 1.54) is 0 Å². The average molecular weight is 302 g/mol. The predicted octanol–water partition coefficient (Wildman–Crippen LogP) is 2.76. The maximum atomic E-state index is 12.5. The van der Waals surface area contributed by atoms with Crippen LogP contribution in [0.25, 0.3) is 0 Å². The van der Waals surface area contributed by atoms with Gasteiger partial charge < -0.3 is 19.5 Å². The summed E-state index contributed by atoms with van der Waals surface area (Å²) >= 11 is 0. The molecule has 2 heterocycles. The summed E-state index contributed by atoms with van der Waals surface area (Å²) in [6.45, 7) is 2.42. The Bertz CT molecular complexity index is 670. The van der Waals surface area contributed by atoms with Crippen molar-refractivity contribution in [2.45, 2.75) is 25.8 Å². The van der Waals surface area contributed by atoms with Gasteiger partial charge in [-0.2, -0.15) is 4.98 Å². The van der Waals surface area contributed by atoms with Crippen LogP contribution in [-0.2, 0) is 0 Å². The van der Waals surface area contributed by atoms with Crippen molar-refractivity contribution >= 4 is 11.7 Å². The normalized spacial score (nSPS) is 17.5. The highest BCUT2D eigenvalue weighted by molar-refractivity contribution is 5.91. The van der Waals surface area contributed by atoms with E-state index in [1.807, 2.05) is 12.1 Å². The summed E-state index contributed by atoms with van der Waals surface area (Å²) in [5, 5.41) is 6.68. The van der Waals surface area contributed by atoms with Gasteiger partial charge in [0.2, 0.25) is 5.89 Å². The number of ether oxygens (including phenoxy) is 1. The molecule has 1 atom stereocenters. The third-order valence-corrected chi connectivity index (χ3v) is 3.69. The van der Waals surface area contributed by atoms with Gasteiger partial charge in [-0.3, -0.25) is 0 Å². The zero-order chi connectivity index (χ0) is 15.5. The van der Waals surface area contributed by atoms with Crippen LogP contribution >= 0.6 is 0 Å². The lowest BCUT2D eigenvalue weighted by Crippen LogP contribution is -2.34. The van der Waals surface area contributed by atoms with Gasteiger partial charge in [0.1, 0.15) is 11.8 Å². The minimum Gasteiger partial charge on any atom is -0.495 e. The van der Waals surface area contributed by atoms with E-state index < -0.39 is 0 Å². The zero-order valence-corrected chi connectivity index (χ0v) is 12.6. The summed E-state index contributed by atoms with van der Waals surface area (Å²) in [5.74, 6) is 1.69. The van der Waals surface area contributed by atoms with Crippen LogP contribution < -0.4 is 10.1 Å². The van der Waals surface area contributed by atoms with Crippen molar-refractivity contribution in [3.05, 3.63) is 36.0 Å². The van der Waals surface area contributed by atoms with Crippen molar-refractivity contribution in [3.8, 4) is 5.75 Å².